The van der Waals surface area contributed by atoms with E-state index in [9.17, 15) is 13.2 Å². The monoisotopic (exact) mass is 377 g/mol. The molecule has 2 rings (SSSR count). The van der Waals surface area contributed by atoms with Crippen LogP contribution in [0, 0.1) is 5.92 Å². The molecular formula is C13H16BrNO5S. The molecule has 1 aromatic rings. The number of hydrogen-bond acceptors (Lipinski definition) is 5. The van der Waals surface area contributed by atoms with Crippen molar-refractivity contribution in [1.29, 1.82) is 0 Å². The van der Waals surface area contributed by atoms with Crippen LogP contribution in [0.15, 0.2) is 27.6 Å². The maximum Gasteiger partial charge on any atom is 0.310 e. The number of nitrogens with zero attached hydrogens (tertiary/aromatic N) is 1. The molecule has 0 aromatic heterocycles. The van der Waals surface area contributed by atoms with E-state index in [2.05, 4.69) is 20.7 Å². The fourth-order valence-electron chi connectivity index (χ4n) is 2.26. The summed E-state index contributed by atoms with van der Waals surface area (Å²) < 4.78 is 36.7. The van der Waals surface area contributed by atoms with E-state index in [1.807, 2.05) is 0 Å². The SMILES string of the molecule is COC(=O)C1CCN(S(=O)(=O)c2ccc(OC)c(Br)c2)C1. The molecule has 0 radical (unpaired) electrons. The number of rotatable bonds is 4. The Labute approximate surface area is 132 Å². The number of ether oxygens (including phenoxy) is 2. The zero-order valence-corrected chi connectivity index (χ0v) is 14.1. The van der Waals surface area contributed by atoms with Crippen LogP contribution in [0.2, 0.25) is 0 Å². The summed E-state index contributed by atoms with van der Waals surface area (Å²) in [4.78, 5) is 11.7. The van der Waals surface area contributed by atoms with Crippen molar-refractivity contribution >= 4 is 31.9 Å². The molecular weight excluding hydrogens is 362 g/mol. The molecule has 6 nitrogen and oxygen atoms in total. The second kappa shape index (κ2) is 6.33. The maximum atomic E-state index is 12.6. The standard InChI is InChI=1S/C13H16BrNO5S/c1-19-12-4-3-10(7-11(12)14)21(17,18)15-6-5-9(8-15)13(16)20-2/h3-4,7,9H,5-6,8H2,1-2H3. The van der Waals surface area contributed by atoms with Gasteiger partial charge in [0, 0.05) is 13.1 Å². The van der Waals surface area contributed by atoms with E-state index in [-0.39, 0.29) is 17.4 Å². The van der Waals surface area contributed by atoms with E-state index in [1.165, 1.54) is 30.7 Å². The zero-order chi connectivity index (χ0) is 15.6. The Hall–Kier alpha value is -1.12. The number of methoxy groups -OCH3 is 2. The van der Waals surface area contributed by atoms with Crippen molar-refractivity contribution in [2.24, 2.45) is 5.92 Å². The van der Waals surface area contributed by atoms with Crippen molar-refractivity contribution in [3.8, 4) is 5.75 Å². The van der Waals surface area contributed by atoms with E-state index in [1.54, 1.807) is 6.07 Å². The molecule has 21 heavy (non-hydrogen) atoms. The quantitative estimate of drug-likeness (QED) is 0.745. The van der Waals surface area contributed by atoms with Gasteiger partial charge in [-0.3, -0.25) is 4.79 Å². The van der Waals surface area contributed by atoms with Crippen LogP contribution >= 0.6 is 15.9 Å². The maximum absolute atomic E-state index is 12.6. The normalized spacial score (nSPS) is 19.5. The minimum atomic E-state index is -3.62. The molecule has 1 fully saturated rings. The molecule has 1 atom stereocenters. The molecule has 8 heteroatoms. The summed E-state index contributed by atoms with van der Waals surface area (Å²) in [7, 11) is -0.806. The fourth-order valence-corrected chi connectivity index (χ4v) is 4.48. The van der Waals surface area contributed by atoms with Crippen LogP contribution in [0.4, 0.5) is 0 Å². The van der Waals surface area contributed by atoms with Gasteiger partial charge in [0.05, 0.1) is 29.5 Å². The van der Waals surface area contributed by atoms with E-state index in [0.717, 1.165) is 0 Å². The summed E-state index contributed by atoms with van der Waals surface area (Å²) in [6.45, 7) is 0.463. The molecule has 0 amide bonds. The lowest BCUT2D eigenvalue weighted by molar-refractivity contribution is -0.144. The number of benzene rings is 1. The summed E-state index contributed by atoms with van der Waals surface area (Å²) in [6, 6.07) is 4.58. The molecule has 1 heterocycles. The number of halogens is 1. The molecule has 0 aliphatic carbocycles. The van der Waals surface area contributed by atoms with Crippen molar-refractivity contribution in [1.82, 2.24) is 4.31 Å². The summed E-state index contributed by atoms with van der Waals surface area (Å²) in [6.07, 6.45) is 0.475. The lowest BCUT2D eigenvalue weighted by atomic mass is 10.1. The summed E-state index contributed by atoms with van der Waals surface area (Å²) in [5, 5.41) is 0. The van der Waals surface area contributed by atoms with Crippen molar-refractivity contribution in [3.05, 3.63) is 22.7 Å². The minimum absolute atomic E-state index is 0.151. The van der Waals surface area contributed by atoms with Crippen molar-refractivity contribution < 1.29 is 22.7 Å². The van der Waals surface area contributed by atoms with Gasteiger partial charge in [0.1, 0.15) is 5.75 Å². The van der Waals surface area contributed by atoms with Gasteiger partial charge in [0.25, 0.3) is 0 Å². The lowest BCUT2D eigenvalue weighted by Gasteiger charge is -2.17. The molecule has 0 spiro atoms. The average molecular weight is 378 g/mol. The van der Waals surface area contributed by atoms with Crippen molar-refractivity contribution in [3.63, 3.8) is 0 Å². The predicted molar refractivity (Wildman–Crippen MR) is 79.6 cm³/mol. The third kappa shape index (κ3) is 3.22. The number of carbonyl (C=O) groups is 1. The molecule has 1 saturated heterocycles. The topological polar surface area (TPSA) is 72.9 Å². The highest BCUT2D eigenvalue weighted by Gasteiger charge is 2.36. The highest BCUT2D eigenvalue weighted by atomic mass is 79.9. The van der Waals surface area contributed by atoms with Crippen LogP contribution in [-0.2, 0) is 19.6 Å². The Morgan fingerprint density at radius 1 is 1.38 bits per heavy atom. The van der Waals surface area contributed by atoms with E-state index in [0.29, 0.717) is 23.2 Å². The Balaban J connectivity index is 2.23. The first-order chi connectivity index (χ1) is 9.90. The third-order valence-corrected chi connectivity index (χ3v) is 5.93. The summed E-state index contributed by atoms with van der Waals surface area (Å²) >= 11 is 3.27. The Morgan fingerprint density at radius 2 is 2.10 bits per heavy atom. The zero-order valence-electron chi connectivity index (χ0n) is 11.7. The van der Waals surface area contributed by atoms with Gasteiger partial charge < -0.3 is 9.47 Å². The highest BCUT2D eigenvalue weighted by Crippen LogP contribution is 2.30. The molecule has 1 unspecified atom stereocenters. The van der Waals surface area contributed by atoms with Crippen molar-refractivity contribution in [2.45, 2.75) is 11.3 Å². The van der Waals surface area contributed by atoms with Crippen LogP contribution < -0.4 is 4.74 Å². The third-order valence-electron chi connectivity index (χ3n) is 3.45. The van der Waals surface area contributed by atoms with E-state index >= 15 is 0 Å². The first kappa shape index (κ1) is 16.3. The van der Waals surface area contributed by atoms with Crippen LogP contribution in [0.1, 0.15) is 6.42 Å². The van der Waals surface area contributed by atoms with Crippen LogP contribution in [0.5, 0.6) is 5.75 Å². The van der Waals surface area contributed by atoms with Gasteiger partial charge in [0.15, 0.2) is 0 Å². The second-order valence-corrected chi connectivity index (χ2v) is 7.46. The predicted octanol–water partition coefficient (Wildman–Crippen LogP) is 1.64. The Kier molecular flexibility index (Phi) is 4.90. The first-order valence-electron chi connectivity index (χ1n) is 6.31. The first-order valence-corrected chi connectivity index (χ1v) is 8.55. The molecule has 1 aromatic carbocycles. The van der Waals surface area contributed by atoms with Gasteiger partial charge in [0.2, 0.25) is 10.0 Å². The number of esters is 1. The van der Waals surface area contributed by atoms with Crippen LogP contribution in [0.25, 0.3) is 0 Å². The van der Waals surface area contributed by atoms with Gasteiger partial charge in [-0.25, -0.2) is 8.42 Å². The lowest BCUT2D eigenvalue weighted by Crippen LogP contribution is -2.30. The van der Waals surface area contributed by atoms with E-state index < -0.39 is 15.9 Å². The number of carbonyl (C=O) groups excluding carboxylic acids is 1. The number of hydrogen-bond donors (Lipinski definition) is 0. The average Bonchev–Trinajstić information content (AvgIpc) is 2.96. The number of sulfonamides is 1. The fraction of sp³-hybridized carbons (Fsp3) is 0.462. The van der Waals surface area contributed by atoms with Gasteiger partial charge in [-0.15, -0.1) is 0 Å². The molecule has 1 aliphatic rings. The van der Waals surface area contributed by atoms with Crippen molar-refractivity contribution in [2.75, 3.05) is 27.3 Å². The molecule has 0 bridgehead atoms. The van der Waals surface area contributed by atoms with E-state index in [4.69, 9.17) is 4.74 Å². The molecule has 116 valence electrons. The second-order valence-electron chi connectivity index (χ2n) is 4.67. The summed E-state index contributed by atoms with van der Waals surface area (Å²) in [5.41, 5.74) is 0. The smallest absolute Gasteiger partial charge is 0.310 e. The highest BCUT2D eigenvalue weighted by molar-refractivity contribution is 9.10. The molecule has 0 saturated carbocycles. The Morgan fingerprint density at radius 3 is 2.67 bits per heavy atom. The summed E-state index contributed by atoms with van der Waals surface area (Å²) in [5.74, 6) is -0.210. The van der Waals surface area contributed by atoms with Gasteiger partial charge in [-0.2, -0.15) is 4.31 Å². The van der Waals surface area contributed by atoms with Crippen LogP contribution in [0.3, 0.4) is 0 Å². The molecule has 1 aliphatic heterocycles. The molecule has 0 N–H and O–H groups in total. The van der Waals surface area contributed by atoms with Crippen LogP contribution in [-0.4, -0.2) is 46.0 Å². The van der Waals surface area contributed by atoms with Gasteiger partial charge in [-0.1, -0.05) is 0 Å². The Bertz CT molecular complexity index is 646. The largest absolute Gasteiger partial charge is 0.496 e. The van der Waals surface area contributed by atoms with Gasteiger partial charge in [-0.05, 0) is 40.5 Å². The van der Waals surface area contributed by atoms with Gasteiger partial charge >= 0.3 is 5.97 Å². The minimum Gasteiger partial charge on any atom is -0.496 e.